The molecule has 0 aromatic heterocycles. The zero-order valence-electron chi connectivity index (χ0n) is 11.6. The molecule has 0 saturated carbocycles. The summed E-state index contributed by atoms with van der Waals surface area (Å²) < 4.78 is 32.4. The molecule has 10 heteroatoms. The normalized spacial score (nSPS) is 18.0. The van der Waals surface area contributed by atoms with Crippen molar-refractivity contribution < 1.29 is 61.7 Å². The molecule has 1 aliphatic heterocycles. The summed E-state index contributed by atoms with van der Waals surface area (Å²) in [6, 6.07) is 8.40. The van der Waals surface area contributed by atoms with Crippen molar-refractivity contribution in [2.45, 2.75) is 18.1 Å². The minimum atomic E-state index is -4.97. The monoisotopic (exact) mass is 335 g/mol. The Labute approximate surface area is 148 Å². The number of rotatable bonds is 4. The van der Waals surface area contributed by atoms with Gasteiger partial charge in [-0.2, -0.15) is 0 Å². The fourth-order valence-corrected chi connectivity index (χ4v) is 2.49. The van der Waals surface area contributed by atoms with Crippen molar-refractivity contribution in [2.24, 2.45) is 0 Å². The Hall–Kier alpha value is -1.26. The van der Waals surface area contributed by atoms with Crippen LogP contribution in [0.25, 0.3) is 0 Å². The molecule has 2 amide bonds. The maximum Gasteiger partial charge on any atom is 1.00 e. The zero-order valence-corrected chi connectivity index (χ0v) is 14.4. The quantitative estimate of drug-likeness (QED) is 0.316. The summed E-state index contributed by atoms with van der Waals surface area (Å²) in [7, 11) is -4.97. The first kappa shape index (κ1) is 18.8. The fraction of sp³-hybridized carbons (Fsp3) is 0.250. The van der Waals surface area contributed by atoms with E-state index in [1.165, 1.54) is 0 Å². The summed E-state index contributed by atoms with van der Waals surface area (Å²) >= 11 is 0. The first-order chi connectivity index (χ1) is 9.79. The molecule has 1 heterocycles. The van der Waals surface area contributed by atoms with Crippen LogP contribution in [0.4, 0.5) is 0 Å². The molecule has 0 spiro atoms. The minimum Gasteiger partial charge on any atom is -0.747 e. The van der Waals surface area contributed by atoms with Crippen LogP contribution in [0, 0.1) is 0 Å². The zero-order chi connectivity index (χ0) is 15.6. The molecule has 0 radical (unpaired) electrons. The van der Waals surface area contributed by atoms with Gasteiger partial charge in [0.05, 0.1) is 12.8 Å². The summed E-state index contributed by atoms with van der Waals surface area (Å²) in [5.74, 6) is -3.28. The van der Waals surface area contributed by atoms with Gasteiger partial charge in [-0.1, -0.05) is 30.3 Å². The van der Waals surface area contributed by atoms with Gasteiger partial charge in [-0.25, -0.2) is 13.2 Å². The predicted molar refractivity (Wildman–Crippen MR) is 66.2 cm³/mol. The number of benzene rings is 1. The average Bonchev–Trinajstić information content (AvgIpc) is 2.68. The molecule has 22 heavy (non-hydrogen) atoms. The number of hydrogen-bond acceptors (Lipinski definition) is 7. The first-order valence-corrected chi connectivity index (χ1v) is 7.32. The Bertz CT molecular complexity index is 689. The molecule has 0 N–H and O–H groups in total. The van der Waals surface area contributed by atoms with E-state index in [1.54, 1.807) is 30.3 Å². The molecular formula is C12H10NNaO7S. The Morgan fingerprint density at radius 1 is 1.27 bits per heavy atom. The second-order valence-electron chi connectivity index (χ2n) is 4.34. The van der Waals surface area contributed by atoms with Crippen LogP contribution in [0.2, 0.25) is 0 Å². The Kier molecular flexibility index (Phi) is 6.27. The van der Waals surface area contributed by atoms with Crippen LogP contribution < -0.4 is 29.6 Å². The van der Waals surface area contributed by atoms with Gasteiger partial charge in [-0.15, -0.1) is 5.06 Å². The number of carbonyl (C=O) groups is 3. The standard InChI is InChI=1S/C12H11NO7S.Na/c14-10-7-9(21(17,18)19)12(16)13(10)20-11(15)6-8-4-2-1-3-5-8;/h1-5,9H,6-7H2,(H,17,18,19);/q;+1/p-1. The maximum absolute atomic E-state index is 11.6. The van der Waals surface area contributed by atoms with Crippen molar-refractivity contribution in [1.29, 1.82) is 0 Å². The molecule has 1 aromatic rings. The minimum absolute atomic E-state index is 0. The third-order valence-electron chi connectivity index (χ3n) is 2.79. The smallest absolute Gasteiger partial charge is 0.747 e. The van der Waals surface area contributed by atoms with Crippen LogP contribution in [-0.2, 0) is 35.8 Å². The summed E-state index contributed by atoms with van der Waals surface area (Å²) in [6.45, 7) is 0. The van der Waals surface area contributed by atoms with E-state index in [2.05, 4.69) is 4.84 Å². The molecule has 0 bridgehead atoms. The molecule has 112 valence electrons. The molecule has 2 rings (SSSR count). The summed E-state index contributed by atoms with van der Waals surface area (Å²) in [5, 5.41) is -1.99. The van der Waals surface area contributed by atoms with Crippen LogP contribution >= 0.6 is 0 Å². The number of imide groups is 1. The van der Waals surface area contributed by atoms with Crippen LogP contribution in [0.5, 0.6) is 0 Å². The van der Waals surface area contributed by atoms with Gasteiger partial charge in [0.1, 0.15) is 15.4 Å². The Morgan fingerprint density at radius 2 is 1.86 bits per heavy atom. The second kappa shape index (κ2) is 7.34. The van der Waals surface area contributed by atoms with E-state index >= 15 is 0 Å². The molecule has 8 nitrogen and oxygen atoms in total. The predicted octanol–water partition coefficient (Wildman–Crippen LogP) is -3.64. The maximum atomic E-state index is 11.6. The second-order valence-corrected chi connectivity index (χ2v) is 5.89. The van der Waals surface area contributed by atoms with E-state index < -0.39 is 39.6 Å². The topological polar surface area (TPSA) is 121 Å². The van der Waals surface area contributed by atoms with Crippen molar-refractivity contribution in [1.82, 2.24) is 5.06 Å². The molecule has 1 atom stereocenters. The molecule has 1 fully saturated rings. The van der Waals surface area contributed by atoms with Gasteiger partial charge < -0.3 is 9.39 Å². The van der Waals surface area contributed by atoms with Gasteiger partial charge >= 0.3 is 35.5 Å². The summed E-state index contributed by atoms with van der Waals surface area (Å²) in [4.78, 5) is 39.2. The summed E-state index contributed by atoms with van der Waals surface area (Å²) in [6.07, 6.45) is -1.02. The Morgan fingerprint density at radius 3 is 2.36 bits per heavy atom. The fourth-order valence-electron chi connectivity index (χ4n) is 1.80. The number of nitrogens with zero attached hydrogens (tertiary/aromatic N) is 1. The number of carbonyl (C=O) groups excluding carboxylic acids is 3. The van der Waals surface area contributed by atoms with Gasteiger partial charge in [-0.05, 0) is 5.56 Å². The van der Waals surface area contributed by atoms with Gasteiger partial charge in [0.2, 0.25) is 0 Å². The summed E-state index contributed by atoms with van der Waals surface area (Å²) in [5.41, 5.74) is 0.592. The van der Waals surface area contributed by atoms with Gasteiger partial charge in [0.25, 0.3) is 11.8 Å². The van der Waals surface area contributed by atoms with Crippen molar-refractivity contribution in [2.75, 3.05) is 0 Å². The third kappa shape index (κ3) is 4.37. The largest absolute Gasteiger partial charge is 1.00 e. The molecular weight excluding hydrogens is 325 g/mol. The third-order valence-corrected chi connectivity index (χ3v) is 3.86. The molecule has 1 saturated heterocycles. The number of amides is 2. The van der Waals surface area contributed by atoms with E-state index in [0.717, 1.165) is 0 Å². The number of hydrogen-bond donors (Lipinski definition) is 0. The van der Waals surface area contributed by atoms with Crippen molar-refractivity contribution in [3.63, 3.8) is 0 Å². The van der Waals surface area contributed by atoms with E-state index in [0.29, 0.717) is 5.56 Å². The van der Waals surface area contributed by atoms with E-state index in [1.807, 2.05) is 0 Å². The van der Waals surface area contributed by atoms with E-state index in [9.17, 15) is 27.4 Å². The van der Waals surface area contributed by atoms with Crippen LogP contribution in [-0.4, -0.2) is 41.1 Å². The van der Waals surface area contributed by atoms with Crippen LogP contribution in [0.1, 0.15) is 12.0 Å². The average molecular weight is 335 g/mol. The van der Waals surface area contributed by atoms with Crippen LogP contribution in [0.15, 0.2) is 30.3 Å². The molecule has 1 unspecified atom stereocenters. The van der Waals surface area contributed by atoms with Crippen molar-refractivity contribution in [3.05, 3.63) is 35.9 Å². The SMILES string of the molecule is O=C(Cc1ccccc1)ON1C(=O)CC(S(=O)(=O)[O-])C1=O.[Na+]. The molecule has 1 aliphatic rings. The van der Waals surface area contributed by atoms with E-state index in [-0.39, 0.29) is 41.0 Å². The van der Waals surface area contributed by atoms with Gasteiger partial charge in [-0.3, -0.25) is 9.59 Å². The van der Waals surface area contributed by atoms with Crippen molar-refractivity contribution >= 4 is 27.9 Å². The van der Waals surface area contributed by atoms with Gasteiger partial charge in [0.15, 0.2) is 0 Å². The molecule has 1 aromatic carbocycles. The van der Waals surface area contributed by atoms with Crippen molar-refractivity contribution in [3.8, 4) is 0 Å². The molecule has 0 aliphatic carbocycles. The number of hydroxylamine groups is 2. The Balaban J connectivity index is 0.00000242. The first-order valence-electron chi connectivity index (χ1n) is 5.85. The van der Waals surface area contributed by atoms with E-state index in [4.69, 9.17) is 0 Å². The van der Waals surface area contributed by atoms with Gasteiger partial charge in [0, 0.05) is 0 Å². The van der Waals surface area contributed by atoms with Crippen LogP contribution in [0.3, 0.4) is 0 Å².